The van der Waals surface area contributed by atoms with Gasteiger partial charge in [0.15, 0.2) is 0 Å². The third-order valence-electron chi connectivity index (χ3n) is 6.13. The maximum absolute atomic E-state index is 13.1. The average molecular weight is 452 g/mol. The lowest BCUT2D eigenvalue weighted by atomic mass is 9.78. The molecule has 0 radical (unpaired) electrons. The molecule has 0 aliphatic heterocycles. The van der Waals surface area contributed by atoms with Gasteiger partial charge in [0.05, 0.1) is 20.1 Å². The number of benzene rings is 1. The average Bonchev–Trinajstić information content (AvgIpc) is 3.03. The molecule has 2 N–H and O–H groups in total. The van der Waals surface area contributed by atoms with Crippen LogP contribution < -0.4 is 10.0 Å². The van der Waals surface area contributed by atoms with E-state index in [1.54, 1.807) is 18.2 Å². The van der Waals surface area contributed by atoms with Gasteiger partial charge in [-0.3, -0.25) is 4.79 Å². The first kappa shape index (κ1) is 23.2. The summed E-state index contributed by atoms with van der Waals surface area (Å²) in [5.74, 6) is 0.889. The van der Waals surface area contributed by atoms with Gasteiger partial charge >= 0.3 is 0 Å². The Morgan fingerprint density at radius 3 is 2.70 bits per heavy atom. The van der Waals surface area contributed by atoms with Gasteiger partial charge in [-0.15, -0.1) is 11.3 Å². The third kappa shape index (κ3) is 5.39. The summed E-state index contributed by atoms with van der Waals surface area (Å²) in [6.45, 7) is 10.3. The molecule has 1 aromatic carbocycles. The highest BCUT2D eigenvalue weighted by Crippen LogP contribution is 2.30. The third-order valence-corrected chi connectivity index (χ3v) is 8.54. The van der Waals surface area contributed by atoms with Gasteiger partial charge in [0.1, 0.15) is 6.04 Å². The van der Waals surface area contributed by atoms with Crippen molar-refractivity contribution in [3.05, 3.63) is 23.2 Å². The fraction of sp³-hybridized carbons (Fsp3) is 0.636. The number of nitrogens with one attached hydrogen (secondary N) is 2. The monoisotopic (exact) mass is 451 g/mol. The van der Waals surface area contributed by atoms with Gasteiger partial charge in [0.2, 0.25) is 15.9 Å². The van der Waals surface area contributed by atoms with Crippen molar-refractivity contribution in [2.45, 2.75) is 77.3 Å². The molecule has 1 aliphatic rings. The second-order valence-corrected chi connectivity index (χ2v) is 12.0. The van der Waals surface area contributed by atoms with E-state index in [1.807, 2.05) is 20.8 Å². The van der Waals surface area contributed by atoms with Crippen molar-refractivity contribution < 1.29 is 13.2 Å². The summed E-state index contributed by atoms with van der Waals surface area (Å²) in [5.41, 5.74) is 0.785. The van der Waals surface area contributed by atoms with Crippen LogP contribution in [0.5, 0.6) is 0 Å². The Labute approximate surface area is 183 Å². The van der Waals surface area contributed by atoms with E-state index in [0.29, 0.717) is 18.3 Å². The molecular weight excluding hydrogens is 418 g/mol. The molecule has 0 bridgehead atoms. The van der Waals surface area contributed by atoms with E-state index >= 15 is 0 Å². The molecular formula is C22H33N3O3S2. The molecule has 4 atom stereocenters. The number of thiazole rings is 1. The van der Waals surface area contributed by atoms with E-state index in [4.69, 9.17) is 0 Å². The zero-order valence-electron chi connectivity index (χ0n) is 18.4. The van der Waals surface area contributed by atoms with Gasteiger partial charge in [0, 0.05) is 6.04 Å². The fourth-order valence-corrected chi connectivity index (χ4v) is 6.37. The number of aromatic nitrogens is 1. The molecule has 3 rings (SSSR count). The van der Waals surface area contributed by atoms with E-state index in [1.165, 1.54) is 17.8 Å². The quantitative estimate of drug-likeness (QED) is 0.659. The van der Waals surface area contributed by atoms with Gasteiger partial charge in [-0.2, -0.15) is 4.72 Å². The summed E-state index contributed by atoms with van der Waals surface area (Å²) in [4.78, 5) is 17.6. The summed E-state index contributed by atoms with van der Waals surface area (Å²) in [7, 11) is -3.83. The van der Waals surface area contributed by atoms with E-state index in [-0.39, 0.29) is 22.8 Å². The van der Waals surface area contributed by atoms with Crippen molar-refractivity contribution in [1.82, 2.24) is 15.0 Å². The maximum atomic E-state index is 13.1. The smallest absolute Gasteiger partial charge is 0.241 e. The Morgan fingerprint density at radius 2 is 2.00 bits per heavy atom. The predicted molar refractivity (Wildman–Crippen MR) is 122 cm³/mol. The van der Waals surface area contributed by atoms with Crippen molar-refractivity contribution in [3.63, 3.8) is 0 Å². The molecule has 1 fully saturated rings. The number of rotatable bonds is 7. The molecule has 1 amide bonds. The van der Waals surface area contributed by atoms with E-state index in [0.717, 1.165) is 28.1 Å². The van der Waals surface area contributed by atoms with Crippen LogP contribution in [0.15, 0.2) is 23.1 Å². The SMILES string of the molecule is Cc1nc2ccc(S(=O)(=O)N[C@H](CC(C)C)C(=O)N[C@@H]3CCC[C@@H](C)[C@H]3C)cc2s1. The lowest BCUT2D eigenvalue weighted by molar-refractivity contribution is -0.124. The Morgan fingerprint density at radius 1 is 1.27 bits per heavy atom. The van der Waals surface area contributed by atoms with Gasteiger partial charge < -0.3 is 5.32 Å². The maximum Gasteiger partial charge on any atom is 0.241 e. The molecule has 8 heteroatoms. The standard InChI is InChI=1S/C22H33N3O3S2/c1-13(2)11-20(22(26)24-18-8-6-7-14(3)15(18)4)25-30(27,28)17-9-10-19-21(12-17)29-16(5)23-19/h9-10,12-15,18,20,25H,6-8,11H2,1-5H3,(H,24,26)/t14-,15-,18-,20-/m1/s1. The largest absolute Gasteiger partial charge is 0.352 e. The van der Waals surface area contributed by atoms with Crippen LogP contribution in [0, 0.1) is 24.7 Å². The summed E-state index contributed by atoms with van der Waals surface area (Å²) in [6.07, 6.45) is 3.66. The molecule has 166 valence electrons. The normalized spacial score (nSPS) is 23.6. The lowest BCUT2D eigenvalue weighted by Crippen LogP contribution is -2.52. The Kier molecular flexibility index (Phi) is 7.20. The van der Waals surface area contributed by atoms with Crippen molar-refractivity contribution >= 4 is 37.5 Å². The summed E-state index contributed by atoms with van der Waals surface area (Å²) < 4.78 is 29.7. The van der Waals surface area contributed by atoms with E-state index in [2.05, 4.69) is 28.9 Å². The minimum atomic E-state index is -3.83. The number of amides is 1. The number of carbonyl (C=O) groups is 1. The van der Waals surface area contributed by atoms with Crippen LogP contribution in [-0.2, 0) is 14.8 Å². The highest BCUT2D eigenvalue weighted by Gasteiger charge is 2.32. The van der Waals surface area contributed by atoms with Crippen LogP contribution in [0.1, 0.15) is 58.4 Å². The van der Waals surface area contributed by atoms with Gasteiger partial charge in [-0.1, -0.05) is 40.5 Å². The number of aryl methyl sites for hydroxylation is 1. The Bertz CT molecular complexity index is 1000. The van der Waals surface area contributed by atoms with Crippen molar-refractivity contribution in [2.75, 3.05) is 0 Å². The number of hydrogen-bond donors (Lipinski definition) is 2. The van der Waals surface area contributed by atoms with Crippen LogP contribution in [-0.4, -0.2) is 31.4 Å². The number of hydrogen-bond acceptors (Lipinski definition) is 5. The van der Waals surface area contributed by atoms with Crippen LogP contribution in [0.4, 0.5) is 0 Å². The van der Waals surface area contributed by atoms with Crippen LogP contribution in [0.25, 0.3) is 10.2 Å². The van der Waals surface area contributed by atoms with Crippen LogP contribution in [0.2, 0.25) is 0 Å². The second-order valence-electron chi connectivity index (χ2n) is 9.05. The molecule has 1 saturated carbocycles. The number of carbonyl (C=O) groups excluding carboxylic acids is 1. The van der Waals surface area contributed by atoms with E-state index < -0.39 is 16.1 Å². The molecule has 0 saturated heterocycles. The van der Waals surface area contributed by atoms with E-state index in [9.17, 15) is 13.2 Å². The highest BCUT2D eigenvalue weighted by molar-refractivity contribution is 7.89. The summed E-state index contributed by atoms with van der Waals surface area (Å²) in [6, 6.07) is 4.21. The zero-order chi connectivity index (χ0) is 22.1. The first-order valence-electron chi connectivity index (χ1n) is 10.8. The van der Waals surface area contributed by atoms with Crippen molar-refractivity contribution in [2.24, 2.45) is 17.8 Å². The molecule has 1 aliphatic carbocycles. The topological polar surface area (TPSA) is 88.2 Å². The summed E-state index contributed by atoms with van der Waals surface area (Å²) in [5, 5.41) is 4.03. The van der Waals surface area contributed by atoms with Crippen LogP contribution in [0.3, 0.4) is 0 Å². The zero-order valence-corrected chi connectivity index (χ0v) is 20.1. The number of nitrogens with zero attached hydrogens (tertiary/aromatic N) is 1. The van der Waals surface area contributed by atoms with Crippen molar-refractivity contribution in [1.29, 1.82) is 0 Å². The minimum Gasteiger partial charge on any atom is -0.352 e. The number of sulfonamides is 1. The summed E-state index contributed by atoms with van der Waals surface area (Å²) >= 11 is 1.46. The Hall–Kier alpha value is -1.51. The van der Waals surface area contributed by atoms with Gasteiger partial charge in [-0.25, -0.2) is 13.4 Å². The number of fused-ring (bicyclic) bond motifs is 1. The molecule has 30 heavy (non-hydrogen) atoms. The Balaban J connectivity index is 1.79. The molecule has 1 aromatic heterocycles. The highest BCUT2D eigenvalue weighted by atomic mass is 32.2. The molecule has 1 heterocycles. The fourth-order valence-electron chi connectivity index (χ4n) is 4.19. The minimum absolute atomic E-state index is 0.0944. The van der Waals surface area contributed by atoms with Crippen LogP contribution >= 0.6 is 11.3 Å². The molecule has 2 aromatic rings. The second kappa shape index (κ2) is 9.32. The predicted octanol–water partition coefficient (Wildman–Crippen LogP) is 4.24. The van der Waals surface area contributed by atoms with Gasteiger partial charge in [-0.05, 0) is 55.7 Å². The first-order valence-corrected chi connectivity index (χ1v) is 13.1. The van der Waals surface area contributed by atoms with Crippen molar-refractivity contribution in [3.8, 4) is 0 Å². The first-order chi connectivity index (χ1) is 14.1. The van der Waals surface area contributed by atoms with Gasteiger partial charge in [0.25, 0.3) is 0 Å². The lowest BCUT2D eigenvalue weighted by Gasteiger charge is -2.35. The molecule has 6 nitrogen and oxygen atoms in total. The molecule has 0 unspecified atom stereocenters. The molecule has 0 spiro atoms.